The summed E-state index contributed by atoms with van der Waals surface area (Å²) < 4.78 is 34.6. The van der Waals surface area contributed by atoms with Gasteiger partial charge in [-0.15, -0.1) is 3.89 Å². The van der Waals surface area contributed by atoms with Crippen molar-refractivity contribution in [3.63, 3.8) is 0 Å². The van der Waals surface area contributed by atoms with E-state index in [4.69, 9.17) is 11.6 Å². The number of nitro groups is 1. The largest absolute Gasteiger partial charge is 0.332 e. The molecule has 130 valence electrons. The number of non-ortho nitro benzene ring substituents is 1. The molecule has 10 heteroatoms. The summed E-state index contributed by atoms with van der Waals surface area (Å²) in [6.45, 7) is 0. The van der Waals surface area contributed by atoms with Gasteiger partial charge in [0.2, 0.25) is 5.91 Å². The number of amides is 1. The first-order chi connectivity index (χ1) is 11.7. The molecule has 1 N–H and O–H groups in total. The van der Waals surface area contributed by atoms with Crippen LogP contribution in [0.5, 0.6) is 0 Å². The summed E-state index contributed by atoms with van der Waals surface area (Å²) in [6, 6.07) is 8.45. The molecule has 0 aliphatic heterocycles. The molecule has 0 atom stereocenters. The van der Waals surface area contributed by atoms with Gasteiger partial charge >= 0.3 is 10.2 Å². The Morgan fingerprint density at radius 1 is 1.24 bits per heavy atom. The van der Waals surface area contributed by atoms with Crippen LogP contribution in [0.3, 0.4) is 0 Å². The lowest BCUT2D eigenvalue weighted by Crippen LogP contribution is -2.08. The number of carbonyl (C=O) groups is 1. The predicted octanol–water partition coefficient (Wildman–Crippen LogP) is 3.56. The average molecular weight is 385 g/mol. The number of nitrogens with one attached hydrogen (secondary N) is 1. The van der Waals surface area contributed by atoms with E-state index in [0.29, 0.717) is 5.56 Å². The molecule has 0 aliphatic carbocycles. The van der Waals surface area contributed by atoms with Gasteiger partial charge in [0.05, 0.1) is 9.95 Å². The monoisotopic (exact) mass is 384 g/mol. The van der Waals surface area contributed by atoms with Crippen LogP contribution in [-0.2, 0) is 15.0 Å². The Hall–Kier alpha value is -2.78. The zero-order valence-corrected chi connectivity index (χ0v) is 13.9. The highest BCUT2D eigenvalue weighted by Crippen LogP contribution is 2.23. The number of benzene rings is 2. The van der Waals surface area contributed by atoms with Crippen LogP contribution in [0.4, 0.5) is 15.3 Å². The smallest absolute Gasteiger partial charge is 0.322 e. The molecule has 2 aromatic rings. The molecule has 1 amide bonds. The third-order valence-electron chi connectivity index (χ3n) is 2.99. The Balaban J connectivity index is 2.13. The number of carbonyl (C=O) groups excluding carboxylic acids is 1. The summed E-state index contributed by atoms with van der Waals surface area (Å²) in [7, 11) is -4.87. The number of halogens is 2. The van der Waals surface area contributed by atoms with E-state index in [0.717, 1.165) is 24.3 Å². The molecule has 0 aliphatic rings. The second-order valence-electron chi connectivity index (χ2n) is 4.75. The van der Waals surface area contributed by atoms with E-state index in [1.165, 1.54) is 30.3 Å². The molecular weight excluding hydrogens is 375 g/mol. The molecule has 0 unspecified atom stereocenters. The molecule has 0 radical (unpaired) electrons. The Morgan fingerprint density at radius 3 is 2.56 bits per heavy atom. The van der Waals surface area contributed by atoms with Crippen molar-refractivity contribution in [1.29, 1.82) is 0 Å². The molecular formula is C15H10ClFN2O5S. The Kier molecular flexibility index (Phi) is 5.50. The molecule has 2 rings (SSSR count). The van der Waals surface area contributed by atoms with E-state index in [2.05, 4.69) is 5.32 Å². The van der Waals surface area contributed by atoms with Crippen molar-refractivity contribution in [2.24, 2.45) is 0 Å². The SMILES string of the molecule is O=C(/C=C/c1ccc([N+](=O)[O-])cc1Cl)Nc1cccc(S(=O)(=O)F)c1. The number of nitro benzene ring substituents is 1. The lowest BCUT2D eigenvalue weighted by atomic mass is 10.2. The van der Waals surface area contributed by atoms with Crippen LogP contribution in [0.15, 0.2) is 53.4 Å². The number of rotatable bonds is 5. The van der Waals surface area contributed by atoms with Crippen molar-refractivity contribution < 1.29 is 22.0 Å². The molecule has 0 bridgehead atoms. The fourth-order valence-corrected chi connectivity index (χ4v) is 2.59. The first-order valence-electron chi connectivity index (χ1n) is 6.64. The molecule has 7 nitrogen and oxygen atoms in total. The minimum absolute atomic E-state index is 0.0863. The van der Waals surface area contributed by atoms with Crippen molar-refractivity contribution in [3.05, 3.63) is 69.2 Å². The van der Waals surface area contributed by atoms with Crippen LogP contribution in [0.2, 0.25) is 5.02 Å². The molecule has 25 heavy (non-hydrogen) atoms. The van der Waals surface area contributed by atoms with Crippen LogP contribution >= 0.6 is 11.6 Å². The summed E-state index contributed by atoms with van der Waals surface area (Å²) in [5.74, 6) is -0.622. The maximum atomic E-state index is 12.9. The molecule has 0 heterocycles. The van der Waals surface area contributed by atoms with Crippen molar-refractivity contribution in [2.45, 2.75) is 4.90 Å². The number of nitrogens with zero attached hydrogens (tertiary/aromatic N) is 1. The minimum atomic E-state index is -4.87. The maximum Gasteiger partial charge on any atom is 0.332 e. The summed E-state index contributed by atoms with van der Waals surface area (Å²) in [6.07, 6.45) is 2.43. The lowest BCUT2D eigenvalue weighted by molar-refractivity contribution is -0.384. The highest BCUT2D eigenvalue weighted by Gasteiger charge is 2.12. The molecule has 0 saturated carbocycles. The van der Waals surface area contributed by atoms with Crippen LogP contribution < -0.4 is 5.32 Å². The van der Waals surface area contributed by atoms with Gasteiger partial charge in [-0.25, -0.2) is 0 Å². The quantitative estimate of drug-likeness (QED) is 0.367. The maximum absolute atomic E-state index is 12.9. The van der Waals surface area contributed by atoms with E-state index < -0.39 is 25.9 Å². The van der Waals surface area contributed by atoms with Crippen molar-refractivity contribution >= 4 is 45.2 Å². The van der Waals surface area contributed by atoms with Crippen LogP contribution in [0, 0.1) is 10.1 Å². The average Bonchev–Trinajstić information content (AvgIpc) is 2.53. The first kappa shape index (κ1) is 18.6. The fraction of sp³-hybridized carbons (Fsp3) is 0. The normalized spacial score (nSPS) is 11.4. The number of hydrogen-bond acceptors (Lipinski definition) is 5. The predicted molar refractivity (Wildman–Crippen MR) is 90.5 cm³/mol. The van der Waals surface area contributed by atoms with Gasteiger partial charge in [0.15, 0.2) is 0 Å². The number of hydrogen-bond donors (Lipinski definition) is 1. The molecule has 2 aromatic carbocycles. The zero-order valence-electron chi connectivity index (χ0n) is 12.3. The van der Waals surface area contributed by atoms with Crippen molar-refractivity contribution in [1.82, 2.24) is 0 Å². The van der Waals surface area contributed by atoms with Gasteiger partial charge in [-0.1, -0.05) is 17.7 Å². The van der Waals surface area contributed by atoms with Gasteiger partial charge in [0.25, 0.3) is 5.69 Å². The second kappa shape index (κ2) is 7.41. The van der Waals surface area contributed by atoms with Gasteiger partial charge in [-0.2, -0.15) is 8.42 Å². The summed E-state index contributed by atoms with van der Waals surface area (Å²) in [5.41, 5.74) is 0.279. The van der Waals surface area contributed by atoms with Crippen LogP contribution in [-0.4, -0.2) is 19.2 Å². The van der Waals surface area contributed by atoms with Crippen molar-refractivity contribution in [3.8, 4) is 0 Å². The highest BCUT2D eigenvalue weighted by molar-refractivity contribution is 7.86. The fourth-order valence-electron chi connectivity index (χ4n) is 1.84. The highest BCUT2D eigenvalue weighted by atomic mass is 35.5. The van der Waals surface area contributed by atoms with Gasteiger partial charge in [0, 0.05) is 23.9 Å². The lowest BCUT2D eigenvalue weighted by Gasteiger charge is -2.03. The third-order valence-corrected chi connectivity index (χ3v) is 4.14. The van der Waals surface area contributed by atoms with E-state index in [-0.39, 0.29) is 16.4 Å². The Labute approximate surface area is 147 Å². The summed E-state index contributed by atoms with van der Waals surface area (Å²) >= 11 is 5.89. The van der Waals surface area contributed by atoms with E-state index >= 15 is 0 Å². The van der Waals surface area contributed by atoms with Crippen LogP contribution in [0.1, 0.15) is 5.56 Å². The topological polar surface area (TPSA) is 106 Å². The Bertz CT molecular complexity index is 976. The third kappa shape index (κ3) is 5.10. The summed E-state index contributed by atoms with van der Waals surface area (Å²) in [4.78, 5) is 21.3. The Morgan fingerprint density at radius 2 is 1.96 bits per heavy atom. The second-order valence-corrected chi connectivity index (χ2v) is 6.51. The van der Waals surface area contributed by atoms with Crippen molar-refractivity contribution in [2.75, 3.05) is 5.32 Å². The van der Waals surface area contributed by atoms with Gasteiger partial charge in [0.1, 0.15) is 4.90 Å². The minimum Gasteiger partial charge on any atom is -0.322 e. The molecule has 0 fully saturated rings. The van der Waals surface area contributed by atoms with Gasteiger partial charge in [-0.05, 0) is 35.9 Å². The standard InChI is InChI=1S/C15H10ClFN2O5S/c16-14-9-12(19(21)22)6-4-10(14)5-7-15(20)18-11-2-1-3-13(8-11)25(17,23)24/h1-9H,(H,18,20)/b7-5+. The van der Waals surface area contributed by atoms with Gasteiger partial charge in [-0.3, -0.25) is 14.9 Å². The molecule has 0 aromatic heterocycles. The van der Waals surface area contributed by atoms with E-state index in [1.54, 1.807) is 0 Å². The molecule has 0 spiro atoms. The van der Waals surface area contributed by atoms with Gasteiger partial charge < -0.3 is 5.32 Å². The zero-order chi connectivity index (χ0) is 18.6. The van der Waals surface area contributed by atoms with Crippen LogP contribution in [0.25, 0.3) is 6.08 Å². The first-order valence-corrected chi connectivity index (χ1v) is 8.41. The number of anilines is 1. The van der Waals surface area contributed by atoms with E-state index in [9.17, 15) is 27.2 Å². The van der Waals surface area contributed by atoms with E-state index in [1.807, 2.05) is 0 Å². The summed E-state index contributed by atoms with van der Waals surface area (Å²) in [5, 5.41) is 13.1. The molecule has 0 saturated heterocycles.